The molecule has 0 saturated heterocycles. The molecular weight excluding hydrogens is 448 g/mol. The zero-order valence-electron chi connectivity index (χ0n) is 21.8. The first-order valence-electron chi connectivity index (χ1n) is 12.8. The first-order chi connectivity index (χ1) is 17.4. The van der Waals surface area contributed by atoms with Gasteiger partial charge < -0.3 is 15.0 Å². The van der Waals surface area contributed by atoms with E-state index in [0.29, 0.717) is 24.6 Å². The maximum atomic E-state index is 13.6. The van der Waals surface area contributed by atoms with Gasteiger partial charge in [0, 0.05) is 19.0 Å². The van der Waals surface area contributed by atoms with Crippen molar-refractivity contribution in [1.82, 2.24) is 10.2 Å². The summed E-state index contributed by atoms with van der Waals surface area (Å²) >= 11 is 0. The molecule has 190 valence electrons. The average molecular weight is 487 g/mol. The predicted molar refractivity (Wildman–Crippen MR) is 145 cm³/mol. The van der Waals surface area contributed by atoms with E-state index in [2.05, 4.69) is 19.2 Å². The third-order valence-electron chi connectivity index (χ3n) is 6.38. The van der Waals surface area contributed by atoms with Crippen LogP contribution < -0.4 is 10.1 Å². The number of benzene rings is 3. The van der Waals surface area contributed by atoms with Gasteiger partial charge >= 0.3 is 0 Å². The molecule has 0 aliphatic heterocycles. The number of nitrogens with zero attached hydrogens (tertiary/aromatic N) is 1. The molecule has 0 aromatic heterocycles. The Morgan fingerprint density at radius 3 is 1.97 bits per heavy atom. The lowest BCUT2D eigenvalue weighted by Gasteiger charge is -2.32. The van der Waals surface area contributed by atoms with Crippen molar-refractivity contribution in [3.8, 4) is 5.75 Å². The molecule has 0 fully saturated rings. The van der Waals surface area contributed by atoms with Crippen molar-refractivity contribution in [2.45, 2.75) is 65.1 Å². The molecule has 0 aliphatic rings. The van der Waals surface area contributed by atoms with Crippen molar-refractivity contribution in [2.75, 3.05) is 6.61 Å². The molecule has 3 rings (SSSR count). The van der Waals surface area contributed by atoms with Gasteiger partial charge in [0.25, 0.3) is 5.91 Å². The van der Waals surface area contributed by atoms with Gasteiger partial charge in [-0.25, -0.2) is 0 Å². The second kappa shape index (κ2) is 13.5. The molecule has 2 amide bonds. The average Bonchev–Trinajstić information content (AvgIpc) is 2.90. The number of hydrogen-bond acceptors (Lipinski definition) is 3. The van der Waals surface area contributed by atoms with Crippen LogP contribution in [0.1, 0.15) is 56.7 Å². The van der Waals surface area contributed by atoms with Gasteiger partial charge in [-0.3, -0.25) is 9.59 Å². The number of amides is 2. The quantitative estimate of drug-likeness (QED) is 0.355. The van der Waals surface area contributed by atoms with Gasteiger partial charge in [-0.2, -0.15) is 0 Å². The third-order valence-corrected chi connectivity index (χ3v) is 6.38. The monoisotopic (exact) mass is 486 g/mol. The van der Waals surface area contributed by atoms with Crippen LogP contribution in [0.4, 0.5) is 0 Å². The minimum absolute atomic E-state index is 0.0140. The molecule has 0 radical (unpaired) electrons. The molecule has 0 aliphatic carbocycles. The summed E-state index contributed by atoms with van der Waals surface area (Å²) in [5, 5.41) is 3.09. The largest absolute Gasteiger partial charge is 0.484 e. The van der Waals surface area contributed by atoms with Crippen LogP contribution in [-0.4, -0.2) is 35.4 Å². The normalized spacial score (nSPS) is 12.6. The molecule has 3 aromatic rings. The lowest BCUT2D eigenvalue weighted by Crippen LogP contribution is -2.53. The summed E-state index contributed by atoms with van der Waals surface area (Å²) < 4.78 is 5.88. The van der Waals surface area contributed by atoms with E-state index in [-0.39, 0.29) is 24.5 Å². The second-order valence-corrected chi connectivity index (χ2v) is 9.54. The highest BCUT2D eigenvalue weighted by atomic mass is 16.5. The molecule has 0 saturated carbocycles. The molecule has 5 heteroatoms. The lowest BCUT2D eigenvalue weighted by atomic mass is 10.0. The fourth-order valence-electron chi connectivity index (χ4n) is 3.95. The number of ether oxygens (including phenoxy) is 1. The Morgan fingerprint density at radius 1 is 0.833 bits per heavy atom. The van der Waals surface area contributed by atoms with Gasteiger partial charge in [-0.15, -0.1) is 0 Å². The van der Waals surface area contributed by atoms with Gasteiger partial charge in [0.15, 0.2) is 6.61 Å². The molecule has 0 bridgehead atoms. The van der Waals surface area contributed by atoms with Crippen molar-refractivity contribution in [3.63, 3.8) is 0 Å². The molecule has 2 atom stereocenters. The zero-order valence-corrected chi connectivity index (χ0v) is 21.8. The molecule has 36 heavy (non-hydrogen) atoms. The van der Waals surface area contributed by atoms with Gasteiger partial charge in [-0.1, -0.05) is 93.6 Å². The molecule has 5 nitrogen and oxygen atoms in total. The van der Waals surface area contributed by atoms with Gasteiger partial charge in [0.05, 0.1) is 0 Å². The van der Waals surface area contributed by atoms with Crippen molar-refractivity contribution in [1.29, 1.82) is 0 Å². The number of nitrogens with one attached hydrogen (secondary N) is 1. The first kappa shape index (κ1) is 27.0. The lowest BCUT2D eigenvalue weighted by molar-refractivity contribution is -0.143. The predicted octanol–water partition coefficient (Wildman–Crippen LogP) is 5.74. The summed E-state index contributed by atoms with van der Waals surface area (Å²) in [7, 11) is 0. The molecule has 0 spiro atoms. The topological polar surface area (TPSA) is 58.6 Å². The number of hydrogen-bond donors (Lipinski definition) is 1. The summed E-state index contributed by atoms with van der Waals surface area (Å²) in [6, 6.07) is 26.8. The van der Waals surface area contributed by atoms with E-state index < -0.39 is 6.04 Å². The second-order valence-electron chi connectivity index (χ2n) is 9.54. The third kappa shape index (κ3) is 7.98. The Bertz CT molecular complexity index is 1080. The molecule has 0 heterocycles. The fourth-order valence-corrected chi connectivity index (χ4v) is 3.95. The highest BCUT2D eigenvalue weighted by Crippen LogP contribution is 2.20. The summed E-state index contributed by atoms with van der Waals surface area (Å²) in [5.74, 6) is 0.673. The number of carbonyl (C=O) groups excluding carboxylic acids is 2. The van der Waals surface area contributed by atoms with E-state index in [1.807, 2.05) is 98.8 Å². The number of carbonyl (C=O) groups is 2. The Hall–Kier alpha value is -3.60. The van der Waals surface area contributed by atoms with Crippen LogP contribution in [0.25, 0.3) is 0 Å². The summed E-state index contributed by atoms with van der Waals surface area (Å²) in [5.41, 5.74) is 3.17. The Kier molecular flexibility index (Phi) is 10.1. The van der Waals surface area contributed by atoms with E-state index in [1.54, 1.807) is 4.90 Å². The van der Waals surface area contributed by atoms with Crippen molar-refractivity contribution in [3.05, 3.63) is 102 Å². The van der Waals surface area contributed by atoms with Gasteiger partial charge in [-0.05, 0) is 48.1 Å². The maximum absolute atomic E-state index is 13.6. The minimum atomic E-state index is -0.666. The van der Waals surface area contributed by atoms with Crippen molar-refractivity contribution >= 4 is 11.8 Å². The van der Waals surface area contributed by atoms with Gasteiger partial charge in [0.2, 0.25) is 5.91 Å². The van der Waals surface area contributed by atoms with Crippen LogP contribution in [0.2, 0.25) is 0 Å². The zero-order chi connectivity index (χ0) is 25.9. The van der Waals surface area contributed by atoms with Crippen molar-refractivity contribution < 1.29 is 14.3 Å². The van der Waals surface area contributed by atoms with E-state index in [1.165, 1.54) is 5.56 Å². The van der Waals surface area contributed by atoms with E-state index in [4.69, 9.17) is 4.74 Å². The number of rotatable bonds is 12. The highest BCUT2D eigenvalue weighted by molar-refractivity contribution is 5.88. The summed E-state index contributed by atoms with van der Waals surface area (Å²) in [6.07, 6.45) is 1.23. The SMILES string of the molecule is CC[C@@H](C)NC(=O)[C@H](Cc1ccccc1)N(Cc1ccccc1)C(=O)COc1ccc(C(C)C)cc1. The van der Waals surface area contributed by atoms with Gasteiger partial charge in [0.1, 0.15) is 11.8 Å². The smallest absolute Gasteiger partial charge is 0.261 e. The maximum Gasteiger partial charge on any atom is 0.261 e. The minimum Gasteiger partial charge on any atom is -0.484 e. The van der Waals surface area contributed by atoms with Crippen LogP contribution in [0.5, 0.6) is 5.75 Å². The first-order valence-corrected chi connectivity index (χ1v) is 12.8. The van der Waals surface area contributed by atoms with Crippen LogP contribution in [0.15, 0.2) is 84.9 Å². The van der Waals surface area contributed by atoms with Crippen LogP contribution >= 0.6 is 0 Å². The van der Waals surface area contributed by atoms with Crippen LogP contribution in [0, 0.1) is 0 Å². The summed E-state index contributed by atoms with van der Waals surface area (Å²) in [4.78, 5) is 28.7. The molecular formula is C31H38N2O3. The Balaban J connectivity index is 1.86. The fraction of sp³-hybridized carbons (Fsp3) is 0.355. The Labute approximate surface area is 215 Å². The summed E-state index contributed by atoms with van der Waals surface area (Å²) in [6.45, 7) is 8.46. The molecule has 0 unspecified atom stereocenters. The van der Waals surface area contributed by atoms with Crippen molar-refractivity contribution in [2.24, 2.45) is 0 Å². The molecule has 1 N–H and O–H groups in total. The van der Waals surface area contributed by atoms with E-state index in [9.17, 15) is 9.59 Å². The Morgan fingerprint density at radius 2 is 1.42 bits per heavy atom. The standard InChI is InChI=1S/C31H38N2O3/c1-5-24(4)32-31(35)29(20-25-12-8-6-9-13-25)33(21-26-14-10-7-11-15-26)30(34)22-36-28-18-16-27(17-19-28)23(2)3/h6-19,23-24,29H,5,20-22H2,1-4H3,(H,32,35)/t24-,29+/m1/s1. The van der Waals surface area contributed by atoms with E-state index in [0.717, 1.165) is 17.5 Å². The molecule has 3 aromatic carbocycles. The van der Waals surface area contributed by atoms with Crippen LogP contribution in [0.3, 0.4) is 0 Å². The highest BCUT2D eigenvalue weighted by Gasteiger charge is 2.31. The van der Waals surface area contributed by atoms with Crippen LogP contribution in [-0.2, 0) is 22.6 Å². The van der Waals surface area contributed by atoms with E-state index >= 15 is 0 Å².